The number of hydrogen-bond acceptors (Lipinski definition) is 2. The van der Waals surface area contributed by atoms with Gasteiger partial charge < -0.3 is 0 Å². The van der Waals surface area contributed by atoms with E-state index in [-0.39, 0.29) is 5.41 Å². The van der Waals surface area contributed by atoms with Gasteiger partial charge in [0.2, 0.25) is 0 Å². The number of carbonyl (C=O) groups is 1. The standard InChI is InChI=1S/C5H9N.CHO.W/c1-5(2,3)4-6;1-2;/h1-3H3;1H;. The van der Waals surface area contributed by atoms with E-state index < -0.39 is 0 Å². The molecule has 0 atom stereocenters. The van der Waals surface area contributed by atoms with Gasteiger partial charge in [0.05, 0.1) is 6.07 Å². The molecule has 0 aliphatic rings. The van der Waals surface area contributed by atoms with Crippen LogP contribution in [0.15, 0.2) is 0 Å². The Hall–Kier alpha value is -0.152. The van der Waals surface area contributed by atoms with Crippen molar-refractivity contribution in [3.8, 4) is 6.07 Å². The van der Waals surface area contributed by atoms with E-state index in [2.05, 4.69) is 6.07 Å². The minimum absolute atomic E-state index is 0.153. The van der Waals surface area contributed by atoms with Crippen molar-refractivity contribution in [3.63, 3.8) is 0 Å². The topological polar surface area (TPSA) is 40.9 Å². The normalized spacial score (nSPS) is 8.22. The summed E-state index contributed by atoms with van der Waals surface area (Å²) >= 11 is 0.991. The third-order valence-electron chi connectivity index (χ3n) is 0.335. The fraction of sp³-hybridized carbons (Fsp3) is 0.667. The van der Waals surface area contributed by atoms with Gasteiger partial charge in [-0.3, -0.25) is 0 Å². The van der Waals surface area contributed by atoms with Crippen molar-refractivity contribution >= 4 is 4.68 Å². The van der Waals surface area contributed by atoms with Gasteiger partial charge in [0.25, 0.3) is 0 Å². The van der Waals surface area contributed by atoms with Crippen LogP contribution in [-0.2, 0) is 24.6 Å². The number of hydrogen-bond donors (Lipinski definition) is 0. The first-order valence-electron chi connectivity index (χ1n) is 2.45. The van der Waals surface area contributed by atoms with E-state index in [0.29, 0.717) is 0 Å². The second kappa shape index (κ2) is 5.98. The molecule has 0 spiro atoms. The molecule has 3 heteroatoms. The first kappa shape index (κ1) is 11.6. The van der Waals surface area contributed by atoms with Crippen molar-refractivity contribution < 1.29 is 24.6 Å². The molecular formula is C6H10NOW. The molecule has 0 heterocycles. The SMILES string of the molecule is CC(C)(C)C#N.O=[CH][W]. The van der Waals surface area contributed by atoms with Gasteiger partial charge in [-0.25, -0.2) is 0 Å². The first-order valence-corrected chi connectivity index (χ1v) is 4.14. The zero-order chi connectivity index (χ0) is 7.91. The van der Waals surface area contributed by atoms with Crippen LogP contribution in [0.3, 0.4) is 0 Å². The Morgan fingerprint density at radius 2 is 1.67 bits per heavy atom. The molecule has 51 valence electrons. The Morgan fingerprint density at radius 3 is 1.67 bits per heavy atom. The predicted molar refractivity (Wildman–Crippen MR) is 31.8 cm³/mol. The molecule has 0 N–H and O–H groups in total. The molecule has 0 aliphatic carbocycles. The predicted octanol–water partition coefficient (Wildman–Crippen LogP) is 1.28. The van der Waals surface area contributed by atoms with Crippen molar-refractivity contribution in [3.05, 3.63) is 0 Å². The van der Waals surface area contributed by atoms with Crippen molar-refractivity contribution in [1.82, 2.24) is 0 Å². The number of nitriles is 1. The van der Waals surface area contributed by atoms with Gasteiger partial charge in [-0.2, -0.15) is 5.26 Å². The summed E-state index contributed by atoms with van der Waals surface area (Å²) in [4.78, 5) is 8.84. The molecule has 0 bridgehead atoms. The van der Waals surface area contributed by atoms with Gasteiger partial charge >= 0.3 is 29.3 Å². The van der Waals surface area contributed by atoms with Gasteiger partial charge in [-0.15, -0.1) is 0 Å². The average molecular weight is 296 g/mol. The molecule has 2 nitrogen and oxygen atoms in total. The van der Waals surface area contributed by atoms with Crippen LogP contribution in [0.25, 0.3) is 0 Å². The third kappa shape index (κ3) is 33.1. The fourth-order valence-corrected chi connectivity index (χ4v) is 0. The maximum absolute atomic E-state index is 8.84. The van der Waals surface area contributed by atoms with Gasteiger partial charge in [0.1, 0.15) is 0 Å². The van der Waals surface area contributed by atoms with Crippen molar-refractivity contribution in [2.75, 3.05) is 0 Å². The van der Waals surface area contributed by atoms with Crippen LogP contribution in [0, 0.1) is 16.7 Å². The van der Waals surface area contributed by atoms with Crippen LogP contribution >= 0.6 is 0 Å². The summed E-state index contributed by atoms with van der Waals surface area (Å²) < 4.78 is 0.833. The van der Waals surface area contributed by atoms with Crippen LogP contribution in [0.2, 0.25) is 0 Å². The molecule has 0 amide bonds. The van der Waals surface area contributed by atoms with E-state index in [4.69, 9.17) is 10.1 Å². The van der Waals surface area contributed by atoms with Crippen LogP contribution < -0.4 is 0 Å². The summed E-state index contributed by atoms with van der Waals surface area (Å²) in [5.41, 5.74) is -0.153. The molecule has 0 aromatic rings. The van der Waals surface area contributed by atoms with Crippen molar-refractivity contribution in [2.24, 2.45) is 5.41 Å². The minimum atomic E-state index is -0.153. The van der Waals surface area contributed by atoms with Gasteiger partial charge in [-0.1, -0.05) is 0 Å². The van der Waals surface area contributed by atoms with E-state index in [0.717, 1.165) is 24.5 Å². The van der Waals surface area contributed by atoms with Crippen molar-refractivity contribution in [2.45, 2.75) is 20.8 Å². The molecule has 0 radical (unpaired) electrons. The zero-order valence-corrected chi connectivity index (χ0v) is 8.77. The zero-order valence-electron chi connectivity index (χ0n) is 5.84. The molecule has 0 fully saturated rings. The summed E-state index contributed by atoms with van der Waals surface area (Å²) in [6, 6.07) is 2.10. The van der Waals surface area contributed by atoms with E-state index >= 15 is 0 Å². The quantitative estimate of drug-likeness (QED) is 0.632. The van der Waals surface area contributed by atoms with E-state index in [1.165, 1.54) is 0 Å². The van der Waals surface area contributed by atoms with Crippen LogP contribution in [0.5, 0.6) is 0 Å². The number of nitrogens with zero attached hydrogens (tertiary/aromatic N) is 1. The molecule has 0 aromatic carbocycles. The van der Waals surface area contributed by atoms with E-state index in [1.54, 1.807) is 0 Å². The van der Waals surface area contributed by atoms with Gasteiger partial charge in [0, 0.05) is 5.41 Å². The monoisotopic (exact) mass is 296 g/mol. The van der Waals surface area contributed by atoms with Crippen molar-refractivity contribution in [1.29, 1.82) is 5.26 Å². The Balaban J connectivity index is 0. The Labute approximate surface area is 67.1 Å². The van der Waals surface area contributed by atoms with Crippen LogP contribution in [0.1, 0.15) is 20.8 Å². The van der Waals surface area contributed by atoms with Gasteiger partial charge in [0.15, 0.2) is 0 Å². The van der Waals surface area contributed by atoms with E-state index in [1.807, 2.05) is 20.8 Å². The molecule has 0 unspecified atom stereocenters. The first-order chi connectivity index (χ1) is 3.97. The molecule has 0 saturated carbocycles. The second-order valence-corrected chi connectivity index (χ2v) is 3.15. The third-order valence-corrected chi connectivity index (χ3v) is 0.335. The maximum atomic E-state index is 8.84. The summed E-state index contributed by atoms with van der Waals surface area (Å²) in [5, 5.41) is 8.15. The van der Waals surface area contributed by atoms with Crippen LogP contribution in [-0.4, -0.2) is 4.68 Å². The molecule has 0 aliphatic heterocycles. The van der Waals surface area contributed by atoms with Gasteiger partial charge in [-0.05, 0) is 20.8 Å². The summed E-state index contributed by atoms with van der Waals surface area (Å²) in [6.45, 7) is 5.65. The second-order valence-electron chi connectivity index (χ2n) is 2.46. The summed E-state index contributed by atoms with van der Waals surface area (Å²) in [7, 11) is 0. The molecule has 9 heavy (non-hydrogen) atoms. The Kier molecular flexibility index (Phi) is 7.72. The Morgan fingerprint density at radius 1 is 1.56 bits per heavy atom. The molecule has 0 aromatic heterocycles. The van der Waals surface area contributed by atoms with E-state index in [9.17, 15) is 0 Å². The summed E-state index contributed by atoms with van der Waals surface area (Å²) in [6.07, 6.45) is 0. The average Bonchev–Trinajstić information content (AvgIpc) is 1.67. The molecule has 0 rings (SSSR count). The fourth-order valence-electron chi connectivity index (χ4n) is 0. The van der Waals surface area contributed by atoms with Crippen LogP contribution in [0.4, 0.5) is 0 Å². The Bertz CT molecular complexity index is 109. The molecule has 0 saturated heterocycles. The number of carbonyl (C=O) groups excluding carboxylic acids is 1. The molecular weight excluding hydrogens is 286 g/mol. The number of rotatable bonds is 0. The summed E-state index contributed by atoms with van der Waals surface area (Å²) in [5.74, 6) is 0.